The van der Waals surface area contributed by atoms with E-state index in [9.17, 15) is 18.0 Å². The molecule has 0 bridgehead atoms. The van der Waals surface area contributed by atoms with E-state index in [1.165, 1.54) is 46.8 Å². The number of nitrogens with one attached hydrogen (secondary N) is 1. The zero-order valence-corrected chi connectivity index (χ0v) is 18.0. The van der Waals surface area contributed by atoms with E-state index in [2.05, 4.69) is 5.32 Å². The molecule has 30 heavy (non-hydrogen) atoms. The molecule has 0 aliphatic carbocycles. The number of carbonyl (C=O) groups is 2. The van der Waals surface area contributed by atoms with Crippen molar-refractivity contribution in [3.8, 4) is 6.07 Å². The second-order valence-corrected chi connectivity index (χ2v) is 8.39. The number of esters is 1. The van der Waals surface area contributed by atoms with Gasteiger partial charge < -0.3 is 10.1 Å². The predicted molar refractivity (Wildman–Crippen MR) is 112 cm³/mol. The largest absolute Gasteiger partial charge is 0.452 e. The Morgan fingerprint density at radius 2 is 1.87 bits per heavy atom. The molecule has 0 saturated carbocycles. The van der Waals surface area contributed by atoms with Gasteiger partial charge in [0.25, 0.3) is 5.91 Å². The molecule has 2 rings (SSSR count). The van der Waals surface area contributed by atoms with Crippen molar-refractivity contribution < 1.29 is 22.7 Å². The molecule has 1 N–H and O–H groups in total. The van der Waals surface area contributed by atoms with E-state index in [1.54, 1.807) is 13.8 Å². The molecule has 0 saturated heterocycles. The van der Waals surface area contributed by atoms with Gasteiger partial charge in [-0.3, -0.25) is 4.79 Å². The number of ether oxygens (including phenoxy) is 1. The summed E-state index contributed by atoms with van der Waals surface area (Å²) in [5.74, 6) is -1.45. The Hall–Kier alpha value is -2.93. The highest BCUT2D eigenvalue weighted by Gasteiger charge is 2.23. The average molecular weight is 450 g/mol. The van der Waals surface area contributed by atoms with E-state index < -0.39 is 28.5 Å². The van der Waals surface area contributed by atoms with Gasteiger partial charge in [0.15, 0.2) is 6.61 Å². The molecule has 1 amide bonds. The highest BCUT2D eigenvalue weighted by Crippen LogP contribution is 2.20. The van der Waals surface area contributed by atoms with E-state index in [0.717, 1.165) is 0 Å². The summed E-state index contributed by atoms with van der Waals surface area (Å²) in [5, 5.41) is 11.5. The third-order valence-corrected chi connectivity index (χ3v) is 6.48. The Morgan fingerprint density at radius 1 is 1.17 bits per heavy atom. The minimum absolute atomic E-state index is 0.0115. The van der Waals surface area contributed by atoms with Gasteiger partial charge in [-0.1, -0.05) is 31.5 Å². The first-order chi connectivity index (χ1) is 14.2. The lowest BCUT2D eigenvalue weighted by Gasteiger charge is -2.18. The van der Waals surface area contributed by atoms with Gasteiger partial charge in [-0.05, 0) is 36.4 Å². The van der Waals surface area contributed by atoms with Gasteiger partial charge in [0.05, 0.1) is 21.0 Å². The van der Waals surface area contributed by atoms with Gasteiger partial charge in [0, 0.05) is 18.8 Å². The third-order valence-electron chi connectivity index (χ3n) is 4.12. The Morgan fingerprint density at radius 3 is 2.47 bits per heavy atom. The first kappa shape index (κ1) is 23.3. The molecular weight excluding hydrogens is 430 g/mol. The standard InChI is InChI=1S/C20H20ClN3O5S/c1-3-24(4-2)30(27,28)17-7-5-6-14(10-17)20(26)29-13-19(25)23-16-9-8-15(12-22)18(21)11-16/h5-11H,3-4,13H2,1-2H3,(H,23,25). The van der Waals surface area contributed by atoms with Crippen LogP contribution in [0.5, 0.6) is 0 Å². The number of halogens is 1. The van der Waals surface area contributed by atoms with E-state index in [4.69, 9.17) is 21.6 Å². The number of sulfonamides is 1. The zero-order chi connectivity index (χ0) is 22.3. The topological polar surface area (TPSA) is 117 Å². The van der Waals surface area contributed by atoms with Crippen LogP contribution in [0.2, 0.25) is 5.02 Å². The van der Waals surface area contributed by atoms with Crippen molar-refractivity contribution in [2.24, 2.45) is 0 Å². The van der Waals surface area contributed by atoms with Crippen LogP contribution in [0, 0.1) is 11.3 Å². The Kier molecular flexibility index (Phi) is 7.94. The molecule has 0 unspecified atom stereocenters. The van der Waals surface area contributed by atoms with E-state index in [1.807, 2.05) is 6.07 Å². The molecule has 0 spiro atoms. The molecule has 0 aliphatic heterocycles. The molecule has 0 heterocycles. The summed E-state index contributed by atoms with van der Waals surface area (Å²) in [6.45, 7) is 3.46. The van der Waals surface area contributed by atoms with Crippen LogP contribution in [-0.2, 0) is 19.6 Å². The first-order valence-corrected chi connectivity index (χ1v) is 10.8. The van der Waals surface area contributed by atoms with Crippen LogP contribution >= 0.6 is 11.6 Å². The zero-order valence-electron chi connectivity index (χ0n) is 16.4. The number of hydrogen-bond acceptors (Lipinski definition) is 6. The van der Waals surface area contributed by atoms with Gasteiger partial charge in [0.2, 0.25) is 10.0 Å². The number of carbonyl (C=O) groups excluding carboxylic acids is 2. The lowest BCUT2D eigenvalue weighted by molar-refractivity contribution is -0.119. The van der Waals surface area contributed by atoms with Crippen molar-refractivity contribution in [2.45, 2.75) is 18.7 Å². The fourth-order valence-corrected chi connectivity index (χ4v) is 4.32. The molecule has 10 heteroatoms. The maximum absolute atomic E-state index is 12.6. The number of hydrogen-bond donors (Lipinski definition) is 1. The molecule has 0 atom stereocenters. The number of benzene rings is 2. The first-order valence-electron chi connectivity index (χ1n) is 8.99. The number of rotatable bonds is 8. The minimum Gasteiger partial charge on any atom is -0.452 e. The molecule has 0 aromatic heterocycles. The second-order valence-electron chi connectivity index (χ2n) is 6.05. The SMILES string of the molecule is CCN(CC)S(=O)(=O)c1cccc(C(=O)OCC(=O)Nc2ccc(C#N)c(Cl)c2)c1. The maximum atomic E-state index is 12.6. The summed E-state index contributed by atoms with van der Waals surface area (Å²) < 4.78 is 31.4. The molecule has 0 fully saturated rings. The average Bonchev–Trinajstić information content (AvgIpc) is 2.73. The quantitative estimate of drug-likeness (QED) is 0.619. The summed E-state index contributed by atoms with van der Waals surface area (Å²) in [4.78, 5) is 24.2. The molecule has 8 nitrogen and oxygen atoms in total. The molecular formula is C20H20ClN3O5S. The van der Waals surface area contributed by atoms with Crippen LogP contribution in [0.15, 0.2) is 47.4 Å². The summed E-state index contributed by atoms with van der Waals surface area (Å²) in [6.07, 6.45) is 0. The fourth-order valence-electron chi connectivity index (χ4n) is 2.59. The van der Waals surface area contributed by atoms with Crippen molar-refractivity contribution in [1.82, 2.24) is 4.31 Å². The Labute approximate surface area is 180 Å². The van der Waals surface area contributed by atoms with Gasteiger partial charge in [-0.15, -0.1) is 0 Å². The van der Waals surface area contributed by atoms with Crippen LogP contribution in [-0.4, -0.2) is 44.3 Å². The van der Waals surface area contributed by atoms with Crippen LogP contribution < -0.4 is 5.32 Å². The van der Waals surface area contributed by atoms with Crippen LogP contribution in [0.4, 0.5) is 5.69 Å². The van der Waals surface area contributed by atoms with Crippen molar-refractivity contribution in [2.75, 3.05) is 25.0 Å². The van der Waals surface area contributed by atoms with Gasteiger partial charge >= 0.3 is 5.97 Å². The summed E-state index contributed by atoms with van der Waals surface area (Å²) >= 11 is 5.90. The summed E-state index contributed by atoms with van der Waals surface area (Å²) in [6, 6.07) is 11.7. The number of anilines is 1. The Balaban J connectivity index is 2.04. The summed E-state index contributed by atoms with van der Waals surface area (Å²) in [7, 11) is -3.73. The second kappa shape index (κ2) is 10.2. The molecule has 0 radical (unpaired) electrons. The van der Waals surface area contributed by atoms with Crippen LogP contribution in [0.25, 0.3) is 0 Å². The Bertz CT molecular complexity index is 1090. The fraction of sp³-hybridized carbons (Fsp3) is 0.250. The van der Waals surface area contributed by atoms with Crippen molar-refractivity contribution in [1.29, 1.82) is 5.26 Å². The van der Waals surface area contributed by atoms with E-state index in [0.29, 0.717) is 18.8 Å². The highest BCUT2D eigenvalue weighted by atomic mass is 35.5. The van der Waals surface area contributed by atoms with E-state index >= 15 is 0 Å². The lowest BCUT2D eigenvalue weighted by atomic mass is 10.2. The molecule has 158 valence electrons. The van der Waals surface area contributed by atoms with Crippen molar-refractivity contribution >= 4 is 39.2 Å². The number of amides is 1. The van der Waals surface area contributed by atoms with Crippen molar-refractivity contribution in [3.05, 3.63) is 58.6 Å². The van der Waals surface area contributed by atoms with Gasteiger partial charge in [0.1, 0.15) is 6.07 Å². The number of nitriles is 1. The van der Waals surface area contributed by atoms with Crippen LogP contribution in [0.1, 0.15) is 29.8 Å². The highest BCUT2D eigenvalue weighted by molar-refractivity contribution is 7.89. The molecule has 2 aromatic carbocycles. The monoisotopic (exact) mass is 449 g/mol. The third kappa shape index (κ3) is 5.57. The normalized spacial score (nSPS) is 11.0. The molecule has 2 aromatic rings. The van der Waals surface area contributed by atoms with Gasteiger partial charge in [-0.2, -0.15) is 9.57 Å². The smallest absolute Gasteiger partial charge is 0.338 e. The predicted octanol–water partition coefficient (Wildman–Crippen LogP) is 3.04. The minimum atomic E-state index is -3.73. The van der Waals surface area contributed by atoms with Crippen LogP contribution in [0.3, 0.4) is 0 Å². The van der Waals surface area contributed by atoms with E-state index in [-0.39, 0.29) is 21.0 Å². The summed E-state index contributed by atoms with van der Waals surface area (Å²) in [5.41, 5.74) is 0.616. The lowest BCUT2D eigenvalue weighted by Crippen LogP contribution is -2.30. The van der Waals surface area contributed by atoms with Gasteiger partial charge in [-0.25, -0.2) is 13.2 Å². The molecule has 0 aliphatic rings. The van der Waals surface area contributed by atoms with Crippen molar-refractivity contribution in [3.63, 3.8) is 0 Å². The maximum Gasteiger partial charge on any atom is 0.338 e. The number of nitrogens with zero attached hydrogens (tertiary/aromatic N) is 2.